The van der Waals surface area contributed by atoms with Crippen LogP contribution >= 0.6 is 0 Å². The number of hydrogen-bond acceptors (Lipinski definition) is 5. The Hall–Kier alpha value is -2.44. The van der Waals surface area contributed by atoms with E-state index in [-0.39, 0.29) is 31.1 Å². The predicted molar refractivity (Wildman–Crippen MR) is 109 cm³/mol. The second kappa shape index (κ2) is 8.49. The largest absolute Gasteiger partial charge is 0.425 e. The monoisotopic (exact) mass is 474 g/mol. The minimum Gasteiger partial charge on any atom is -0.374 e. The lowest BCUT2D eigenvalue weighted by atomic mass is 9.96. The molecule has 1 amide bonds. The van der Waals surface area contributed by atoms with E-state index in [4.69, 9.17) is 0 Å². The van der Waals surface area contributed by atoms with Crippen LogP contribution in [0, 0.1) is 13.8 Å². The highest BCUT2D eigenvalue weighted by Gasteiger charge is 2.59. The molecule has 176 valence electrons. The summed E-state index contributed by atoms with van der Waals surface area (Å²) in [4.78, 5) is 17.5. The van der Waals surface area contributed by atoms with E-state index < -0.39 is 40.0 Å². The summed E-state index contributed by atoms with van der Waals surface area (Å²) < 4.78 is 69.3. The molecule has 12 heteroatoms. The number of aliphatic hydroxyl groups is 1. The number of halogens is 3. The maximum Gasteiger partial charge on any atom is 0.425 e. The van der Waals surface area contributed by atoms with Gasteiger partial charge in [0.2, 0.25) is 21.5 Å². The smallest absolute Gasteiger partial charge is 0.374 e. The molecule has 2 aromatic rings. The van der Waals surface area contributed by atoms with Crippen LogP contribution in [0.25, 0.3) is 0 Å². The van der Waals surface area contributed by atoms with Crippen LogP contribution in [-0.2, 0) is 27.5 Å². The van der Waals surface area contributed by atoms with Crippen LogP contribution in [0.5, 0.6) is 0 Å². The number of rotatable bonds is 5. The zero-order valence-corrected chi connectivity index (χ0v) is 18.7. The van der Waals surface area contributed by atoms with Gasteiger partial charge >= 0.3 is 6.18 Å². The average molecular weight is 475 g/mol. The molecule has 1 saturated heterocycles. The van der Waals surface area contributed by atoms with E-state index in [1.54, 1.807) is 32.0 Å². The van der Waals surface area contributed by atoms with Crippen LogP contribution in [0.4, 0.5) is 13.2 Å². The van der Waals surface area contributed by atoms with Crippen molar-refractivity contribution in [2.24, 2.45) is 7.05 Å². The van der Waals surface area contributed by atoms with Crippen molar-refractivity contribution >= 4 is 15.9 Å². The number of amides is 1. The summed E-state index contributed by atoms with van der Waals surface area (Å²) in [6.07, 6.45) is -4.03. The number of hydrogen-bond donors (Lipinski definition) is 1. The molecule has 0 aliphatic carbocycles. The number of carbonyl (C=O) groups excluding carboxylic acids is 1. The van der Waals surface area contributed by atoms with Gasteiger partial charge in [-0.25, -0.2) is 13.4 Å². The molecule has 3 rings (SSSR count). The molecule has 0 spiro atoms. The van der Waals surface area contributed by atoms with Crippen LogP contribution in [0.3, 0.4) is 0 Å². The van der Waals surface area contributed by atoms with E-state index in [9.17, 15) is 31.5 Å². The van der Waals surface area contributed by atoms with Crippen molar-refractivity contribution in [1.82, 2.24) is 18.8 Å². The predicted octanol–water partition coefficient (Wildman–Crippen LogP) is 1.71. The van der Waals surface area contributed by atoms with Gasteiger partial charge in [-0.2, -0.15) is 17.5 Å². The molecule has 0 radical (unpaired) electrons. The molecule has 0 saturated carbocycles. The summed E-state index contributed by atoms with van der Waals surface area (Å²) in [7, 11) is -2.52. The van der Waals surface area contributed by atoms with E-state index in [1.165, 1.54) is 17.5 Å². The van der Waals surface area contributed by atoms with E-state index in [0.29, 0.717) is 5.56 Å². The van der Waals surface area contributed by atoms with Gasteiger partial charge in [0.05, 0.1) is 11.3 Å². The summed E-state index contributed by atoms with van der Waals surface area (Å²) in [6.45, 7) is 3.16. The molecule has 1 aromatic carbocycles. The lowest BCUT2D eigenvalue weighted by Gasteiger charge is -2.36. The van der Waals surface area contributed by atoms with E-state index in [2.05, 4.69) is 4.98 Å². The fourth-order valence-electron chi connectivity index (χ4n) is 3.70. The Bertz CT molecular complexity index is 1110. The highest BCUT2D eigenvalue weighted by molar-refractivity contribution is 7.89. The van der Waals surface area contributed by atoms with E-state index in [0.717, 1.165) is 21.2 Å². The van der Waals surface area contributed by atoms with Crippen molar-refractivity contribution < 1.29 is 31.5 Å². The zero-order chi connectivity index (χ0) is 23.9. The molecule has 0 bridgehead atoms. The summed E-state index contributed by atoms with van der Waals surface area (Å²) >= 11 is 0. The summed E-state index contributed by atoms with van der Waals surface area (Å²) in [5.41, 5.74) is -2.09. The van der Waals surface area contributed by atoms with Gasteiger partial charge in [0.25, 0.3) is 0 Å². The first-order valence-corrected chi connectivity index (χ1v) is 11.3. The molecule has 1 N–H and O–H groups in total. The number of benzene rings is 1. The molecule has 32 heavy (non-hydrogen) atoms. The second-order valence-corrected chi connectivity index (χ2v) is 9.86. The summed E-state index contributed by atoms with van der Waals surface area (Å²) in [6, 6.07) is 5.07. The normalized spacial score (nSPS) is 17.9. The zero-order valence-electron chi connectivity index (χ0n) is 17.9. The average Bonchev–Trinajstić information content (AvgIpc) is 3.15. The Morgan fingerprint density at radius 3 is 2.31 bits per heavy atom. The molecule has 1 unspecified atom stereocenters. The highest BCUT2D eigenvalue weighted by atomic mass is 32.2. The molecule has 8 nitrogen and oxygen atoms in total. The third-order valence-corrected chi connectivity index (χ3v) is 7.66. The lowest BCUT2D eigenvalue weighted by Crippen LogP contribution is -2.53. The minimum absolute atomic E-state index is 0.0612. The van der Waals surface area contributed by atoms with Crippen molar-refractivity contribution in [2.45, 2.75) is 36.9 Å². The molecule has 1 aromatic heterocycles. The van der Waals surface area contributed by atoms with Crippen LogP contribution in [-0.4, -0.2) is 70.5 Å². The van der Waals surface area contributed by atoms with Crippen molar-refractivity contribution in [3.63, 3.8) is 0 Å². The number of aryl methyl sites for hydroxylation is 3. The quantitative estimate of drug-likeness (QED) is 0.712. The van der Waals surface area contributed by atoms with Crippen molar-refractivity contribution in [3.05, 3.63) is 47.5 Å². The van der Waals surface area contributed by atoms with E-state index in [1.807, 2.05) is 0 Å². The number of piperazine rings is 1. The first-order chi connectivity index (χ1) is 14.8. The molecular formula is C20H25F3N4O4S. The SMILES string of the molecule is Cc1ccc(C)c(S(=O)(=O)N2CCN(C(=O)CC(O)(c3nccn3C)C(F)(F)F)CC2)c1. The Labute approximate surface area is 184 Å². The fraction of sp³-hybridized carbons (Fsp3) is 0.500. The van der Waals surface area contributed by atoms with Gasteiger partial charge in [-0.05, 0) is 31.0 Å². The van der Waals surface area contributed by atoms with Crippen molar-refractivity contribution in [2.75, 3.05) is 26.2 Å². The third-order valence-electron chi connectivity index (χ3n) is 5.62. The summed E-state index contributed by atoms with van der Waals surface area (Å²) in [5.74, 6) is -1.62. The first kappa shape index (κ1) is 24.2. The lowest BCUT2D eigenvalue weighted by molar-refractivity contribution is -0.272. The van der Waals surface area contributed by atoms with E-state index >= 15 is 0 Å². The van der Waals surface area contributed by atoms with Crippen molar-refractivity contribution in [1.29, 1.82) is 0 Å². The van der Waals surface area contributed by atoms with Gasteiger partial charge in [-0.1, -0.05) is 12.1 Å². The number of carbonyl (C=O) groups is 1. The topological polar surface area (TPSA) is 95.7 Å². The molecule has 1 atom stereocenters. The van der Waals surface area contributed by atoms with Crippen LogP contribution in [0.15, 0.2) is 35.5 Å². The van der Waals surface area contributed by atoms with Gasteiger partial charge in [0, 0.05) is 45.6 Å². The molecule has 1 fully saturated rings. The van der Waals surface area contributed by atoms with Crippen LogP contribution in [0.1, 0.15) is 23.4 Å². The Kier molecular flexibility index (Phi) is 6.42. The second-order valence-electron chi connectivity index (χ2n) is 7.95. The summed E-state index contributed by atoms with van der Waals surface area (Å²) in [5, 5.41) is 10.4. The van der Waals surface area contributed by atoms with Gasteiger partial charge in [-0.3, -0.25) is 4.79 Å². The molecule has 1 aliphatic rings. The third kappa shape index (κ3) is 4.39. The number of sulfonamides is 1. The minimum atomic E-state index is -5.13. The standard InChI is InChI=1S/C20H25F3N4O4S/c1-14-4-5-15(2)16(12-14)32(30,31)27-10-8-26(9-11-27)17(28)13-19(29,20(21,22)23)18-24-6-7-25(18)3/h4-7,12,29H,8-11,13H2,1-3H3. The Balaban J connectivity index is 1.74. The van der Waals surface area contributed by atoms with Crippen LogP contribution in [0.2, 0.25) is 0 Å². The number of imidazole rings is 1. The van der Waals surface area contributed by atoms with Gasteiger partial charge in [0.15, 0.2) is 5.82 Å². The van der Waals surface area contributed by atoms with Gasteiger partial charge in [-0.15, -0.1) is 0 Å². The van der Waals surface area contributed by atoms with Gasteiger partial charge in [0.1, 0.15) is 0 Å². The van der Waals surface area contributed by atoms with Gasteiger partial charge < -0.3 is 14.6 Å². The number of alkyl halides is 3. The molecule has 2 heterocycles. The Morgan fingerprint density at radius 2 is 1.78 bits per heavy atom. The molecule has 1 aliphatic heterocycles. The van der Waals surface area contributed by atoms with Crippen LogP contribution < -0.4 is 0 Å². The number of aromatic nitrogens is 2. The fourth-order valence-corrected chi connectivity index (χ4v) is 5.43. The first-order valence-electron chi connectivity index (χ1n) is 9.89. The number of nitrogens with zero attached hydrogens (tertiary/aromatic N) is 4. The maximum absolute atomic E-state index is 13.7. The Morgan fingerprint density at radius 1 is 1.16 bits per heavy atom. The maximum atomic E-state index is 13.7. The molecular weight excluding hydrogens is 449 g/mol. The van der Waals surface area contributed by atoms with Crippen molar-refractivity contribution in [3.8, 4) is 0 Å². The highest BCUT2D eigenvalue weighted by Crippen LogP contribution is 2.41.